The second kappa shape index (κ2) is 8.50. The number of amides is 2. The van der Waals surface area contributed by atoms with Crippen LogP contribution in [0.2, 0.25) is 0 Å². The van der Waals surface area contributed by atoms with E-state index in [1.165, 1.54) is 29.2 Å². The largest absolute Gasteiger partial charge is 0.481 e. The highest BCUT2D eigenvalue weighted by molar-refractivity contribution is 7.89. The maximum atomic E-state index is 12.4. The third kappa shape index (κ3) is 5.18. The van der Waals surface area contributed by atoms with E-state index >= 15 is 0 Å². The Bertz CT molecular complexity index is 748. The first kappa shape index (κ1) is 20.2. The van der Waals surface area contributed by atoms with Crippen molar-refractivity contribution in [1.82, 2.24) is 9.62 Å². The number of benzene rings is 1. The lowest BCUT2D eigenvalue weighted by Crippen LogP contribution is -2.47. The van der Waals surface area contributed by atoms with Crippen LogP contribution in [0.15, 0.2) is 29.2 Å². The highest BCUT2D eigenvalue weighted by atomic mass is 32.2. The molecule has 0 spiro atoms. The molecule has 0 bridgehead atoms. The number of sulfonamides is 1. The van der Waals surface area contributed by atoms with E-state index < -0.39 is 21.9 Å². The van der Waals surface area contributed by atoms with Crippen molar-refractivity contribution < 1.29 is 23.1 Å². The number of carboxylic acid groups (broad SMARTS) is 1. The SMILES string of the molecule is CCCNS(=O)(=O)c1ccc(NC(=O)N2CC(C)CC(C(=O)O)C2)cc1. The molecule has 1 aromatic carbocycles. The van der Waals surface area contributed by atoms with Crippen LogP contribution in [0.25, 0.3) is 0 Å². The Morgan fingerprint density at radius 3 is 2.46 bits per heavy atom. The first-order valence-electron chi connectivity index (χ1n) is 8.61. The third-order valence-corrected chi connectivity index (χ3v) is 5.73. The van der Waals surface area contributed by atoms with E-state index in [1.54, 1.807) is 0 Å². The van der Waals surface area contributed by atoms with Gasteiger partial charge in [-0.1, -0.05) is 13.8 Å². The minimum absolute atomic E-state index is 0.104. The van der Waals surface area contributed by atoms with Crippen LogP contribution in [0.1, 0.15) is 26.7 Å². The summed E-state index contributed by atoms with van der Waals surface area (Å²) in [6.07, 6.45) is 1.25. The number of carboxylic acids is 1. The molecule has 1 aliphatic heterocycles. The molecule has 0 radical (unpaired) electrons. The van der Waals surface area contributed by atoms with Gasteiger partial charge in [-0.2, -0.15) is 0 Å². The Balaban J connectivity index is 2.02. The average Bonchev–Trinajstić information content (AvgIpc) is 2.60. The van der Waals surface area contributed by atoms with Crippen LogP contribution >= 0.6 is 0 Å². The third-order valence-electron chi connectivity index (χ3n) is 4.25. The number of likely N-dealkylation sites (tertiary alicyclic amines) is 1. The van der Waals surface area contributed by atoms with Gasteiger partial charge in [-0.15, -0.1) is 0 Å². The summed E-state index contributed by atoms with van der Waals surface area (Å²) in [4.78, 5) is 25.2. The van der Waals surface area contributed by atoms with Crippen molar-refractivity contribution in [3.63, 3.8) is 0 Å². The van der Waals surface area contributed by atoms with E-state index in [9.17, 15) is 23.1 Å². The Morgan fingerprint density at radius 1 is 1.23 bits per heavy atom. The van der Waals surface area contributed by atoms with Gasteiger partial charge in [0.05, 0.1) is 10.8 Å². The summed E-state index contributed by atoms with van der Waals surface area (Å²) in [5, 5.41) is 11.9. The van der Waals surface area contributed by atoms with Gasteiger partial charge >= 0.3 is 12.0 Å². The van der Waals surface area contributed by atoms with E-state index in [2.05, 4.69) is 10.0 Å². The second-order valence-corrected chi connectivity index (χ2v) is 8.40. The predicted molar refractivity (Wildman–Crippen MR) is 97.4 cm³/mol. The summed E-state index contributed by atoms with van der Waals surface area (Å²) in [5.74, 6) is -1.36. The number of hydrogen-bond donors (Lipinski definition) is 3. The first-order chi connectivity index (χ1) is 12.2. The summed E-state index contributed by atoms with van der Waals surface area (Å²) in [7, 11) is -3.55. The number of piperidine rings is 1. The predicted octanol–water partition coefficient (Wildman–Crippen LogP) is 1.95. The van der Waals surface area contributed by atoms with Crippen molar-refractivity contribution >= 4 is 27.7 Å². The zero-order valence-electron chi connectivity index (χ0n) is 14.9. The van der Waals surface area contributed by atoms with Gasteiger partial charge in [0.25, 0.3) is 0 Å². The van der Waals surface area contributed by atoms with Gasteiger partial charge in [-0.05, 0) is 43.0 Å². The highest BCUT2D eigenvalue weighted by Gasteiger charge is 2.31. The van der Waals surface area contributed by atoms with E-state index in [0.717, 1.165) is 0 Å². The molecule has 1 aliphatic rings. The molecule has 0 saturated carbocycles. The van der Waals surface area contributed by atoms with E-state index in [1.807, 2.05) is 13.8 Å². The van der Waals surface area contributed by atoms with Gasteiger partial charge in [0.2, 0.25) is 10.0 Å². The number of rotatable bonds is 6. The van der Waals surface area contributed by atoms with Gasteiger partial charge in [0.15, 0.2) is 0 Å². The molecule has 144 valence electrons. The summed E-state index contributed by atoms with van der Waals surface area (Å²) in [6.45, 7) is 4.80. The van der Waals surface area contributed by atoms with Crippen molar-refractivity contribution in [2.24, 2.45) is 11.8 Å². The van der Waals surface area contributed by atoms with Gasteiger partial charge in [0.1, 0.15) is 0 Å². The fourth-order valence-corrected chi connectivity index (χ4v) is 4.07. The number of hydrogen-bond acceptors (Lipinski definition) is 4. The number of urea groups is 1. The van der Waals surface area contributed by atoms with Crippen LogP contribution in [0.3, 0.4) is 0 Å². The summed E-state index contributed by atoms with van der Waals surface area (Å²) in [6, 6.07) is 5.49. The Hall–Kier alpha value is -2.13. The van der Waals surface area contributed by atoms with Crippen molar-refractivity contribution in [3.05, 3.63) is 24.3 Å². The minimum atomic E-state index is -3.55. The average molecular weight is 383 g/mol. The van der Waals surface area contributed by atoms with Crippen LogP contribution in [-0.2, 0) is 14.8 Å². The van der Waals surface area contributed by atoms with Crippen LogP contribution in [0.4, 0.5) is 10.5 Å². The van der Waals surface area contributed by atoms with Crippen molar-refractivity contribution in [2.75, 3.05) is 25.0 Å². The molecule has 0 aromatic heterocycles. The van der Waals surface area contributed by atoms with E-state index in [4.69, 9.17) is 0 Å². The Kier molecular flexibility index (Phi) is 6.60. The Morgan fingerprint density at radius 2 is 1.88 bits per heavy atom. The normalized spacial score (nSPS) is 20.6. The van der Waals surface area contributed by atoms with Gasteiger partial charge in [-0.25, -0.2) is 17.9 Å². The fraction of sp³-hybridized carbons (Fsp3) is 0.529. The monoisotopic (exact) mass is 383 g/mol. The van der Waals surface area contributed by atoms with Crippen LogP contribution in [-0.4, -0.2) is 50.1 Å². The smallest absolute Gasteiger partial charge is 0.321 e. The van der Waals surface area contributed by atoms with Gasteiger partial charge in [0, 0.05) is 25.3 Å². The summed E-state index contributed by atoms with van der Waals surface area (Å²) in [5.41, 5.74) is 0.453. The zero-order valence-corrected chi connectivity index (χ0v) is 15.8. The van der Waals surface area contributed by atoms with E-state index in [-0.39, 0.29) is 23.4 Å². The molecular formula is C17H25N3O5S. The van der Waals surface area contributed by atoms with Gasteiger partial charge in [-0.3, -0.25) is 4.79 Å². The van der Waals surface area contributed by atoms with Crippen LogP contribution < -0.4 is 10.0 Å². The Labute approximate surface area is 153 Å². The maximum Gasteiger partial charge on any atom is 0.321 e. The van der Waals surface area contributed by atoms with Crippen molar-refractivity contribution in [2.45, 2.75) is 31.6 Å². The molecule has 1 saturated heterocycles. The summed E-state index contributed by atoms with van der Waals surface area (Å²) < 4.78 is 26.6. The lowest BCUT2D eigenvalue weighted by molar-refractivity contribution is -0.143. The minimum Gasteiger partial charge on any atom is -0.481 e. The first-order valence-corrected chi connectivity index (χ1v) is 10.1. The van der Waals surface area contributed by atoms with Gasteiger partial charge < -0.3 is 15.3 Å². The molecule has 2 unspecified atom stereocenters. The molecule has 26 heavy (non-hydrogen) atoms. The van der Waals surface area contributed by atoms with Crippen molar-refractivity contribution in [3.8, 4) is 0 Å². The standard InChI is InChI=1S/C17H25N3O5S/c1-3-8-18-26(24,25)15-6-4-14(5-7-15)19-17(23)20-10-12(2)9-13(11-20)16(21)22/h4-7,12-13,18H,3,8-11H2,1-2H3,(H,19,23)(H,21,22). The number of aliphatic carboxylic acids is 1. The molecule has 3 N–H and O–H groups in total. The molecular weight excluding hydrogens is 358 g/mol. The van der Waals surface area contributed by atoms with E-state index in [0.29, 0.717) is 31.6 Å². The fourth-order valence-electron chi connectivity index (χ4n) is 2.94. The second-order valence-electron chi connectivity index (χ2n) is 6.63. The lowest BCUT2D eigenvalue weighted by atomic mass is 9.91. The number of nitrogens with zero attached hydrogens (tertiary/aromatic N) is 1. The lowest BCUT2D eigenvalue weighted by Gasteiger charge is -2.34. The quantitative estimate of drug-likeness (QED) is 0.694. The molecule has 8 nitrogen and oxygen atoms in total. The number of anilines is 1. The van der Waals surface area contributed by atoms with Crippen molar-refractivity contribution in [1.29, 1.82) is 0 Å². The molecule has 9 heteroatoms. The number of carbonyl (C=O) groups is 2. The number of carbonyl (C=O) groups excluding carboxylic acids is 1. The summed E-state index contributed by atoms with van der Waals surface area (Å²) >= 11 is 0. The molecule has 1 fully saturated rings. The number of nitrogens with one attached hydrogen (secondary N) is 2. The molecule has 0 aliphatic carbocycles. The topological polar surface area (TPSA) is 116 Å². The highest BCUT2D eigenvalue weighted by Crippen LogP contribution is 2.23. The molecule has 2 amide bonds. The van der Waals surface area contributed by atoms with Crippen LogP contribution in [0.5, 0.6) is 0 Å². The molecule has 2 atom stereocenters. The zero-order chi connectivity index (χ0) is 19.3. The molecule has 1 aromatic rings. The molecule has 1 heterocycles. The molecule has 2 rings (SSSR count). The maximum absolute atomic E-state index is 12.4. The van der Waals surface area contributed by atoms with Crippen LogP contribution in [0, 0.1) is 11.8 Å².